The van der Waals surface area contributed by atoms with Crippen molar-refractivity contribution < 1.29 is 4.79 Å². The smallest absolute Gasteiger partial charge is 0.236 e. The van der Waals surface area contributed by atoms with Crippen LogP contribution in [0.25, 0.3) is 0 Å². The highest BCUT2D eigenvalue weighted by Gasteiger charge is 2.11. The number of hydrogen-bond donors (Lipinski definition) is 2. The van der Waals surface area contributed by atoms with Crippen LogP contribution in [0, 0.1) is 0 Å². The molecule has 1 rings (SSSR count). The molecule has 0 aliphatic heterocycles. The van der Waals surface area contributed by atoms with Gasteiger partial charge in [0.15, 0.2) is 0 Å². The summed E-state index contributed by atoms with van der Waals surface area (Å²) in [6.45, 7) is 2.53. The van der Waals surface area contributed by atoms with E-state index in [1.807, 2.05) is 13.0 Å². The second-order valence-corrected chi connectivity index (χ2v) is 5.02. The summed E-state index contributed by atoms with van der Waals surface area (Å²) in [5.41, 5.74) is 6.66. The van der Waals surface area contributed by atoms with Crippen molar-refractivity contribution in [2.45, 2.75) is 32.2 Å². The molecule has 0 radical (unpaired) electrons. The molecule has 0 heterocycles. The molecule has 19 heavy (non-hydrogen) atoms. The summed E-state index contributed by atoms with van der Waals surface area (Å²) >= 11 is 11.8. The summed E-state index contributed by atoms with van der Waals surface area (Å²) in [6.07, 6.45) is 2.27. The highest BCUT2D eigenvalue weighted by Crippen LogP contribution is 2.20. The number of benzene rings is 1. The lowest BCUT2D eigenvalue weighted by Crippen LogP contribution is -2.41. The molecule has 0 saturated carbocycles. The maximum absolute atomic E-state index is 11.6. The van der Waals surface area contributed by atoms with E-state index >= 15 is 0 Å². The van der Waals surface area contributed by atoms with Crippen LogP contribution >= 0.6 is 35.6 Å². The Morgan fingerprint density at radius 1 is 1.42 bits per heavy atom. The van der Waals surface area contributed by atoms with Crippen molar-refractivity contribution in [3.63, 3.8) is 0 Å². The fourth-order valence-electron chi connectivity index (χ4n) is 1.62. The molecular formula is C13H19Cl3N2O. The van der Waals surface area contributed by atoms with Gasteiger partial charge in [-0.15, -0.1) is 12.4 Å². The first kappa shape index (κ1) is 18.5. The molecule has 0 saturated heterocycles. The van der Waals surface area contributed by atoms with Crippen LogP contribution in [0.1, 0.15) is 25.3 Å². The first-order chi connectivity index (χ1) is 8.54. The molecular weight excluding hydrogens is 307 g/mol. The summed E-state index contributed by atoms with van der Waals surface area (Å²) in [7, 11) is 0. The number of nitrogens with one attached hydrogen (secondary N) is 1. The fraction of sp³-hybridized carbons (Fsp3) is 0.462. The molecule has 3 nitrogen and oxygen atoms in total. The molecule has 3 N–H and O–H groups in total. The van der Waals surface area contributed by atoms with Crippen LogP contribution in [0.15, 0.2) is 18.2 Å². The maximum Gasteiger partial charge on any atom is 0.236 e. The maximum atomic E-state index is 11.6. The van der Waals surface area contributed by atoms with Crippen LogP contribution in [0.2, 0.25) is 10.0 Å². The van der Waals surface area contributed by atoms with Gasteiger partial charge in [0, 0.05) is 16.6 Å². The van der Waals surface area contributed by atoms with Gasteiger partial charge in [-0.1, -0.05) is 42.6 Å². The molecule has 108 valence electrons. The Hall–Kier alpha value is -0.480. The summed E-state index contributed by atoms with van der Waals surface area (Å²) in [5, 5.41) is 4.03. The van der Waals surface area contributed by atoms with Crippen molar-refractivity contribution >= 4 is 41.5 Å². The Bertz CT molecular complexity index is 413. The minimum Gasteiger partial charge on any atom is -0.354 e. The quantitative estimate of drug-likeness (QED) is 0.844. The van der Waals surface area contributed by atoms with Gasteiger partial charge in [-0.25, -0.2) is 0 Å². The van der Waals surface area contributed by atoms with Gasteiger partial charge in [-0.2, -0.15) is 0 Å². The lowest BCUT2D eigenvalue weighted by Gasteiger charge is -2.11. The minimum atomic E-state index is -0.421. The van der Waals surface area contributed by atoms with Crippen LogP contribution in [-0.2, 0) is 11.2 Å². The average molecular weight is 326 g/mol. The van der Waals surface area contributed by atoms with E-state index in [-0.39, 0.29) is 18.3 Å². The van der Waals surface area contributed by atoms with Crippen LogP contribution in [0.5, 0.6) is 0 Å². The Labute approximate surface area is 130 Å². The van der Waals surface area contributed by atoms with Crippen molar-refractivity contribution in [3.05, 3.63) is 33.8 Å². The topological polar surface area (TPSA) is 55.1 Å². The molecule has 6 heteroatoms. The summed E-state index contributed by atoms with van der Waals surface area (Å²) in [5.74, 6) is -0.109. The zero-order chi connectivity index (χ0) is 13.5. The Morgan fingerprint density at radius 3 is 2.68 bits per heavy atom. The number of halogens is 3. The normalized spacial score (nSPS) is 11.6. The highest BCUT2D eigenvalue weighted by molar-refractivity contribution is 6.35. The first-order valence-electron chi connectivity index (χ1n) is 6.01. The first-order valence-corrected chi connectivity index (χ1v) is 6.77. The minimum absolute atomic E-state index is 0. The summed E-state index contributed by atoms with van der Waals surface area (Å²) < 4.78 is 0. The SMILES string of the molecule is CCCC(N)C(=O)NCCc1ccc(Cl)cc1Cl.Cl. The second-order valence-electron chi connectivity index (χ2n) is 4.17. The highest BCUT2D eigenvalue weighted by atomic mass is 35.5. The van der Waals surface area contributed by atoms with Gasteiger partial charge in [0.2, 0.25) is 5.91 Å². The number of nitrogens with two attached hydrogens (primary N) is 1. The van der Waals surface area contributed by atoms with Gasteiger partial charge >= 0.3 is 0 Å². The molecule has 0 spiro atoms. The third-order valence-electron chi connectivity index (χ3n) is 2.65. The largest absolute Gasteiger partial charge is 0.354 e. The molecule has 1 atom stereocenters. The van der Waals surface area contributed by atoms with Crippen LogP contribution < -0.4 is 11.1 Å². The Kier molecular flexibility index (Phi) is 9.19. The molecule has 1 amide bonds. The van der Waals surface area contributed by atoms with Crippen molar-refractivity contribution in [3.8, 4) is 0 Å². The van der Waals surface area contributed by atoms with E-state index in [2.05, 4.69) is 5.32 Å². The zero-order valence-electron chi connectivity index (χ0n) is 10.8. The zero-order valence-corrected chi connectivity index (χ0v) is 13.1. The third kappa shape index (κ3) is 6.48. The second kappa shape index (κ2) is 9.43. The molecule has 1 aromatic carbocycles. The molecule has 1 unspecified atom stereocenters. The van der Waals surface area contributed by atoms with Crippen LogP contribution in [0.3, 0.4) is 0 Å². The summed E-state index contributed by atoms with van der Waals surface area (Å²) in [4.78, 5) is 11.6. The van der Waals surface area contributed by atoms with Crippen molar-refractivity contribution in [2.75, 3.05) is 6.54 Å². The van der Waals surface area contributed by atoms with E-state index in [1.165, 1.54) is 0 Å². The van der Waals surface area contributed by atoms with Crippen LogP contribution in [0.4, 0.5) is 0 Å². The van der Waals surface area contributed by atoms with Gasteiger partial charge < -0.3 is 11.1 Å². The number of carbonyl (C=O) groups is 1. The number of carbonyl (C=O) groups excluding carboxylic acids is 1. The molecule has 0 fully saturated rings. The van der Waals surface area contributed by atoms with Gasteiger partial charge in [0.05, 0.1) is 6.04 Å². The van der Waals surface area contributed by atoms with Crippen molar-refractivity contribution in [1.29, 1.82) is 0 Å². The van der Waals surface area contributed by atoms with E-state index in [0.29, 0.717) is 29.4 Å². The molecule has 0 aromatic heterocycles. The Morgan fingerprint density at radius 2 is 2.11 bits per heavy atom. The lowest BCUT2D eigenvalue weighted by molar-refractivity contribution is -0.122. The number of rotatable bonds is 6. The van der Waals surface area contributed by atoms with E-state index in [0.717, 1.165) is 12.0 Å². The number of amides is 1. The Balaban J connectivity index is 0.00000324. The predicted octanol–water partition coefficient (Wildman–Crippen LogP) is 3.20. The van der Waals surface area contributed by atoms with Gasteiger partial charge in [-0.05, 0) is 30.5 Å². The van der Waals surface area contributed by atoms with E-state index in [9.17, 15) is 4.79 Å². The van der Waals surface area contributed by atoms with Crippen molar-refractivity contribution in [1.82, 2.24) is 5.32 Å². The van der Waals surface area contributed by atoms with Gasteiger partial charge in [-0.3, -0.25) is 4.79 Å². The lowest BCUT2D eigenvalue weighted by atomic mass is 10.1. The van der Waals surface area contributed by atoms with E-state index in [4.69, 9.17) is 28.9 Å². The number of hydrogen-bond acceptors (Lipinski definition) is 2. The monoisotopic (exact) mass is 324 g/mol. The van der Waals surface area contributed by atoms with Crippen LogP contribution in [-0.4, -0.2) is 18.5 Å². The molecule has 1 aromatic rings. The molecule has 0 aliphatic rings. The van der Waals surface area contributed by atoms with Gasteiger partial charge in [0.1, 0.15) is 0 Å². The van der Waals surface area contributed by atoms with Gasteiger partial charge in [0.25, 0.3) is 0 Å². The fourth-order valence-corrected chi connectivity index (χ4v) is 2.12. The van der Waals surface area contributed by atoms with E-state index < -0.39 is 6.04 Å². The molecule has 0 bridgehead atoms. The average Bonchev–Trinajstić information content (AvgIpc) is 2.32. The standard InChI is InChI=1S/C13H18Cl2N2O.ClH/c1-2-3-12(16)13(18)17-7-6-9-4-5-10(14)8-11(9)15;/h4-5,8,12H,2-3,6-7,16H2,1H3,(H,17,18);1H. The molecule has 0 aliphatic carbocycles. The van der Waals surface area contributed by atoms with E-state index in [1.54, 1.807) is 12.1 Å². The van der Waals surface area contributed by atoms with Crippen molar-refractivity contribution in [2.24, 2.45) is 5.73 Å². The summed E-state index contributed by atoms with van der Waals surface area (Å²) in [6, 6.07) is 4.93. The third-order valence-corrected chi connectivity index (χ3v) is 3.23. The predicted molar refractivity (Wildman–Crippen MR) is 83.3 cm³/mol.